The number of nitrogens with zero attached hydrogens (tertiary/aromatic N) is 4. The van der Waals surface area contributed by atoms with Crippen LogP contribution in [0.15, 0.2) is 40.5 Å². The maximum atomic E-state index is 13.2. The van der Waals surface area contributed by atoms with Gasteiger partial charge in [0.1, 0.15) is 16.3 Å². The fourth-order valence-electron chi connectivity index (χ4n) is 3.36. The molecule has 0 radical (unpaired) electrons. The van der Waals surface area contributed by atoms with E-state index in [4.69, 9.17) is 0 Å². The number of benzene rings is 1. The summed E-state index contributed by atoms with van der Waals surface area (Å²) in [5.41, 5.74) is 3.56. The van der Waals surface area contributed by atoms with Crippen molar-refractivity contribution < 1.29 is 9.18 Å². The summed E-state index contributed by atoms with van der Waals surface area (Å²) in [5.74, 6) is 0.00900. The lowest BCUT2D eigenvalue weighted by Gasteiger charge is -2.16. The number of aromatic nitrogens is 4. The topological polar surface area (TPSA) is 83.9 Å². The maximum absolute atomic E-state index is 13.2. The number of amides is 1. The number of aryl methyl sites for hydroxylation is 1. The molecule has 0 bridgehead atoms. The molecule has 0 aliphatic carbocycles. The number of halogens is 1. The highest BCUT2D eigenvalue weighted by atomic mass is 32.1. The van der Waals surface area contributed by atoms with Crippen LogP contribution in [0.1, 0.15) is 22.8 Å². The molecule has 3 aromatic heterocycles. The summed E-state index contributed by atoms with van der Waals surface area (Å²) < 4.78 is 15.5. The molecule has 4 aromatic rings. The average molecular weight is 425 g/mol. The third-order valence-corrected chi connectivity index (χ3v) is 5.92. The van der Waals surface area contributed by atoms with Crippen LogP contribution in [0.25, 0.3) is 15.9 Å². The predicted molar refractivity (Wildman–Crippen MR) is 113 cm³/mol. The number of nitrogens with one attached hydrogen (secondary N) is 1. The molecular formula is C21H20FN5O2S. The molecule has 0 aliphatic heterocycles. The summed E-state index contributed by atoms with van der Waals surface area (Å²) in [4.78, 5) is 33.7. The summed E-state index contributed by atoms with van der Waals surface area (Å²) in [6.45, 7) is 3.93. The summed E-state index contributed by atoms with van der Waals surface area (Å²) in [6, 6.07) is 7.84. The lowest BCUT2D eigenvalue weighted by atomic mass is 10.1. The van der Waals surface area contributed by atoms with Gasteiger partial charge in [-0.2, -0.15) is 5.10 Å². The first kappa shape index (κ1) is 20.0. The van der Waals surface area contributed by atoms with Crippen LogP contribution in [0.4, 0.5) is 4.39 Å². The molecule has 3 heterocycles. The standard InChI is InChI=1S/C21H20FN5O2S/c1-12-16(13(2)27(25-12)15-6-4-14(22)5-7-15)10-19(28)26(3)11-18-23-17-8-9-30-20(17)21(29)24-18/h4-9H,10-11H2,1-3H3,(H,23,24,29). The Bertz CT molecular complexity index is 1290. The second kappa shape index (κ2) is 7.83. The van der Waals surface area contributed by atoms with Crippen molar-refractivity contribution in [1.82, 2.24) is 24.6 Å². The van der Waals surface area contributed by atoms with E-state index in [0.29, 0.717) is 16.0 Å². The monoisotopic (exact) mass is 425 g/mol. The van der Waals surface area contributed by atoms with Crippen molar-refractivity contribution in [3.05, 3.63) is 74.7 Å². The number of fused-ring (bicyclic) bond motifs is 1. The maximum Gasteiger partial charge on any atom is 0.268 e. The van der Waals surface area contributed by atoms with E-state index < -0.39 is 0 Å². The Kier molecular flexibility index (Phi) is 5.21. The fraction of sp³-hybridized carbons (Fsp3) is 0.238. The van der Waals surface area contributed by atoms with Crippen molar-refractivity contribution >= 4 is 27.5 Å². The van der Waals surface area contributed by atoms with Gasteiger partial charge in [0.05, 0.1) is 29.9 Å². The highest BCUT2D eigenvalue weighted by molar-refractivity contribution is 7.17. The van der Waals surface area contributed by atoms with Crippen LogP contribution in [0.5, 0.6) is 0 Å². The molecular weight excluding hydrogens is 405 g/mol. The van der Waals surface area contributed by atoms with E-state index in [9.17, 15) is 14.0 Å². The number of likely N-dealkylation sites (N-methyl/N-ethyl adjacent to an activating group) is 1. The van der Waals surface area contributed by atoms with Gasteiger partial charge in [-0.05, 0) is 49.6 Å². The zero-order chi connectivity index (χ0) is 21.4. The van der Waals surface area contributed by atoms with Gasteiger partial charge in [-0.3, -0.25) is 9.59 Å². The van der Waals surface area contributed by atoms with Crippen LogP contribution >= 0.6 is 11.3 Å². The number of aromatic amines is 1. The Morgan fingerprint density at radius 3 is 2.70 bits per heavy atom. The van der Waals surface area contributed by atoms with Crippen LogP contribution in [-0.4, -0.2) is 37.6 Å². The first-order valence-electron chi connectivity index (χ1n) is 9.35. The molecule has 1 amide bonds. The molecule has 30 heavy (non-hydrogen) atoms. The predicted octanol–water partition coefficient (Wildman–Crippen LogP) is 3.13. The highest BCUT2D eigenvalue weighted by Crippen LogP contribution is 2.20. The van der Waals surface area contributed by atoms with Gasteiger partial charge < -0.3 is 9.88 Å². The number of hydrogen-bond acceptors (Lipinski definition) is 5. The van der Waals surface area contributed by atoms with Gasteiger partial charge in [-0.15, -0.1) is 11.3 Å². The van der Waals surface area contributed by atoms with E-state index in [0.717, 1.165) is 22.6 Å². The van der Waals surface area contributed by atoms with E-state index >= 15 is 0 Å². The third-order valence-electron chi connectivity index (χ3n) is 5.02. The van der Waals surface area contributed by atoms with Gasteiger partial charge in [-0.25, -0.2) is 14.1 Å². The fourth-order valence-corrected chi connectivity index (χ4v) is 4.09. The Morgan fingerprint density at radius 1 is 1.23 bits per heavy atom. The van der Waals surface area contributed by atoms with Gasteiger partial charge in [0, 0.05) is 18.3 Å². The summed E-state index contributed by atoms with van der Waals surface area (Å²) in [7, 11) is 1.68. The van der Waals surface area contributed by atoms with Crippen molar-refractivity contribution in [3.8, 4) is 5.69 Å². The van der Waals surface area contributed by atoms with E-state index in [-0.39, 0.29) is 30.2 Å². The van der Waals surface area contributed by atoms with E-state index in [1.807, 2.05) is 19.2 Å². The first-order chi connectivity index (χ1) is 14.3. The molecule has 0 saturated carbocycles. The minimum Gasteiger partial charge on any atom is -0.338 e. The molecule has 0 aliphatic rings. The number of thiophene rings is 1. The van der Waals surface area contributed by atoms with Crippen molar-refractivity contribution in [2.45, 2.75) is 26.8 Å². The first-order valence-corrected chi connectivity index (χ1v) is 10.2. The van der Waals surface area contributed by atoms with Crippen LogP contribution in [-0.2, 0) is 17.8 Å². The number of rotatable bonds is 5. The Hall–Kier alpha value is -3.33. The molecule has 1 N–H and O–H groups in total. The largest absolute Gasteiger partial charge is 0.338 e. The lowest BCUT2D eigenvalue weighted by molar-refractivity contribution is -0.129. The lowest BCUT2D eigenvalue weighted by Crippen LogP contribution is -2.29. The quantitative estimate of drug-likeness (QED) is 0.533. The van der Waals surface area contributed by atoms with Crippen molar-refractivity contribution in [3.63, 3.8) is 0 Å². The number of H-pyrrole nitrogens is 1. The summed E-state index contributed by atoms with van der Waals surface area (Å²) >= 11 is 1.34. The smallest absolute Gasteiger partial charge is 0.268 e. The Morgan fingerprint density at radius 2 is 1.97 bits per heavy atom. The molecule has 154 valence electrons. The molecule has 0 saturated heterocycles. The van der Waals surface area contributed by atoms with Crippen molar-refractivity contribution in [2.24, 2.45) is 0 Å². The third kappa shape index (κ3) is 3.76. The summed E-state index contributed by atoms with van der Waals surface area (Å²) in [5, 5.41) is 6.33. The van der Waals surface area contributed by atoms with Crippen LogP contribution in [0.3, 0.4) is 0 Å². The van der Waals surface area contributed by atoms with Gasteiger partial charge in [-0.1, -0.05) is 0 Å². The molecule has 9 heteroatoms. The van der Waals surface area contributed by atoms with E-state index in [1.165, 1.54) is 28.4 Å². The van der Waals surface area contributed by atoms with Gasteiger partial charge >= 0.3 is 0 Å². The van der Waals surface area contributed by atoms with Crippen molar-refractivity contribution in [1.29, 1.82) is 0 Å². The number of carbonyl (C=O) groups excluding carboxylic acids is 1. The van der Waals surface area contributed by atoms with Crippen LogP contribution in [0.2, 0.25) is 0 Å². The second-order valence-corrected chi connectivity index (χ2v) is 8.03. The summed E-state index contributed by atoms with van der Waals surface area (Å²) in [6.07, 6.45) is 0.167. The Labute approximate surface area is 175 Å². The normalized spacial score (nSPS) is 11.2. The number of carbonyl (C=O) groups is 1. The molecule has 1 aromatic carbocycles. The van der Waals surface area contributed by atoms with E-state index in [2.05, 4.69) is 15.1 Å². The van der Waals surface area contributed by atoms with Gasteiger partial charge in [0.15, 0.2) is 0 Å². The minimum absolute atomic E-state index is 0.118. The van der Waals surface area contributed by atoms with Crippen LogP contribution in [0, 0.1) is 19.7 Å². The minimum atomic E-state index is -0.315. The zero-order valence-corrected chi connectivity index (χ0v) is 17.6. The molecule has 4 rings (SSSR count). The van der Waals surface area contributed by atoms with Gasteiger partial charge in [0.2, 0.25) is 5.91 Å². The van der Waals surface area contributed by atoms with E-state index in [1.54, 1.807) is 29.9 Å². The number of hydrogen-bond donors (Lipinski definition) is 1. The van der Waals surface area contributed by atoms with Gasteiger partial charge in [0.25, 0.3) is 5.56 Å². The molecule has 0 unspecified atom stereocenters. The zero-order valence-electron chi connectivity index (χ0n) is 16.8. The molecule has 0 atom stereocenters. The molecule has 0 fully saturated rings. The Balaban J connectivity index is 1.53. The molecule has 7 nitrogen and oxygen atoms in total. The van der Waals surface area contributed by atoms with Crippen molar-refractivity contribution in [2.75, 3.05) is 7.05 Å². The highest BCUT2D eigenvalue weighted by Gasteiger charge is 2.19. The SMILES string of the molecule is Cc1nn(-c2ccc(F)cc2)c(C)c1CC(=O)N(C)Cc1nc2ccsc2c(=O)[nH]1. The van der Waals surface area contributed by atoms with Crippen LogP contribution < -0.4 is 5.56 Å². The average Bonchev–Trinajstić information content (AvgIpc) is 3.29. The molecule has 0 spiro atoms. The second-order valence-electron chi connectivity index (χ2n) is 7.11.